The number of carbonyl (C=O) groups excluding carboxylic acids is 1. The summed E-state index contributed by atoms with van der Waals surface area (Å²) in [6.07, 6.45) is 4.02. The van der Waals surface area contributed by atoms with Crippen LogP contribution in [-0.4, -0.2) is 50.4 Å². The van der Waals surface area contributed by atoms with Crippen LogP contribution >= 0.6 is 0 Å². The maximum absolute atomic E-state index is 13.0. The molecular weight excluding hydrogens is 448 g/mol. The second-order valence-corrected chi connectivity index (χ2v) is 10.1. The SMILES string of the molecule is CC(C(=O)Nc1cccc(S(=O)(=O)N2CCCCC2)c1)n1cnc2c1c(=O)n(C)c(=O)n2C. The summed E-state index contributed by atoms with van der Waals surface area (Å²) in [5, 5.41) is 2.72. The molecule has 3 heterocycles. The smallest absolute Gasteiger partial charge is 0.324 e. The van der Waals surface area contributed by atoms with E-state index in [1.165, 1.54) is 46.0 Å². The Morgan fingerprint density at radius 3 is 2.48 bits per heavy atom. The number of rotatable bonds is 5. The number of aromatic nitrogens is 4. The summed E-state index contributed by atoms with van der Waals surface area (Å²) in [6.45, 7) is 2.57. The summed E-state index contributed by atoms with van der Waals surface area (Å²) in [4.78, 5) is 42.0. The predicted molar refractivity (Wildman–Crippen MR) is 123 cm³/mol. The van der Waals surface area contributed by atoms with Gasteiger partial charge in [0.1, 0.15) is 6.04 Å². The molecule has 0 saturated carbocycles. The van der Waals surface area contributed by atoms with Crippen molar-refractivity contribution in [2.75, 3.05) is 18.4 Å². The Morgan fingerprint density at radius 2 is 1.79 bits per heavy atom. The molecule has 1 saturated heterocycles. The number of benzene rings is 1. The molecule has 1 amide bonds. The van der Waals surface area contributed by atoms with Gasteiger partial charge in [0.05, 0.1) is 11.2 Å². The molecule has 176 valence electrons. The fraction of sp³-hybridized carbons (Fsp3) is 0.429. The summed E-state index contributed by atoms with van der Waals surface area (Å²) in [6, 6.07) is 5.28. The first kappa shape index (κ1) is 22.9. The van der Waals surface area contributed by atoms with Crippen LogP contribution in [0.2, 0.25) is 0 Å². The van der Waals surface area contributed by atoms with Gasteiger partial charge in [-0.1, -0.05) is 12.5 Å². The third-order valence-corrected chi connectivity index (χ3v) is 7.92. The Labute approximate surface area is 190 Å². The van der Waals surface area contributed by atoms with Crippen LogP contribution in [0, 0.1) is 0 Å². The first-order valence-corrected chi connectivity index (χ1v) is 12.1. The first-order chi connectivity index (χ1) is 15.6. The number of imidazole rings is 1. The van der Waals surface area contributed by atoms with Gasteiger partial charge < -0.3 is 9.88 Å². The summed E-state index contributed by atoms with van der Waals surface area (Å²) in [7, 11) is -0.779. The van der Waals surface area contributed by atoms with Crippen LogP contribution in [0.3, 0.4) is 0 Å². The molecule has 33 heavy (non-hydrogen) atoms. The van der Waals surface area contributed by atoms with Crippen molar-refractivity contribution in [3.05, 3.63) is 51.4 Å². The number of nitrogens with zero attached hydrogens (tertiary/aromatic N) is 5. The van der Waals surface area contributed by atoms with Gasteiger partial charge in [-0.2, -0.15) is 4.31 Å². The number of aryl methyl sites for hydroxylation is 1. The Kier molecular flexibility index (Phi) is 5.97. The number of sulfonamides is 1. The van der Waals surface area contributed by atoms with Gasteiger partial charge in [-0.15, -0.1) is 0 Å². The van der Waals surface area contributed by atoms with E-state index in [9.17, 15) is 22.8 Å². The molecule has 0 bridgehead atoms. The van der Waals surface area contributed by atoms with Crippen LogP contribution in [0.1, 0.15) is 32.2 Å². The van der Waals surface area contributed by atoms with Crippen molar-refractivity contribution in [3.63, 3.8) is 0 Å². The molecule has 1 unspecified atom stereocenters. The van der Waals surface area contributed by atoms with Crippen LogP contribution in [-0.2, 0) is 28.9 Å². The standard InChI is InChI=1S/C21H26N6O5S/c1-14(27-13-22-18-17(27)20(29)25(3)21(30)24(18)2)19(28)23-15-8-7-9-16(12-15)33(31,32)26-10-5-4-6-11-26/h7-9,12-14H,4-6,10-11H2,1-3H3,(H,23,28). The predicted octanol–water partition coefficient (Wildman–Crippen LogP) is 0.808. The zero-order valence-corrected chi connectivity index (χ0v) is 19.5. The van der Waals surface area contributed by atoms with E-state index >= 15 is 0 Å². The lowest BCUT2D eigenvalue weighted by Crippen LogP contribution is -2.38. The van der Waals surface area contributed by atoms with Crippen LogP contribution in [0.4, 0.5) is 5.69 Å². The summed E-state index contributed by atoms with van der Waals surface area (Å²) < 4.78 is 31.0. The minimum Gasteiger partial charge on any atom is -0.324 e. The van der Waals surface area contributed by atoms with Crippen LogP contribution in [0.15, 0.2) is 45.1 Å². The maximum atomic E-state index is 13.0. The molecule has 0 spiro atoms. The molecule has 2 aromatic heterocycles. The van der Waals surface area contributed by atoms with E-state index in [-0.39, 0.29) is 16.1 Å². The van der Waals surface area contributed by atoms with Crippen molar-refractivity contribution in [2.24, 2.45) is 14.1 Å². The van der Waals surface area contributed by atoms with E-state index < -0.39 is 33.2 Å². The Hall–Kier alpha value is -3.25. The molecule has 0 aliphatic carbocycles. The number of carbonyl (C=O) groups is 1. The molecule has 1 aliphatic rings. The Balaban J connectivity index is 1.61. The van der Waals surface area contributed by atoms with E-state index in [4.69, 9.17) is 0 Å². The molecular formula is C21H26N6O5S. The fourth-order valence-electron chi connectivity index (χ4n) is 4.02. The van der Waals surface area contributed by atoms with E-state index in [1.54, 1.807) is 19.1 Å². The van der Waals surface area contributed by atoms with Crippen molar-refractivity contribution in [3.8, 4) is 0 Å². The van der Waals surface area contributed by atoms with Gasteiger partial charge in [-0.05, 0) is 38.0 Å². The minimum atomic E-state index is -3.64. The first-order valence-electron chi connectivity index (χ1n) is 10.7. The highest BCUT2D eigenvalue weighted by Crippen LogP contribution is 2.23. The summed E-state index contributed by atoms with van der Waals surface area (Å²) in [5.41, 5.74) is -0.433. The molecule has 3 aromatic rings. The zero-order chi connectivity index (χ0) is 23.9. The number of hydrogen-bond acceptors (Lipinski definition) is 6. The van der Waals surface area contributed by atoms with Gasteiger partial charge in [0.15, 0.2) is 11.2 Å². The number of anilines is 1. The highest BCUT2D eigenvalue weighted by atomic mass is 32.2. The van der Waals surface area contributed by atoms with Crippen LogP contribution in [0.25, 0.3) is 11.2 Å². The number of nitrogens with one attached hydrogen (secondary N) is 1. The largest absolute Gasteiger partial charge is 0.332 e. The molecule has 1 N–H and O–H groups in total. The number of fused-ring (bicyclic) bond motifs is 1. The fourth-order valence-corrected chi connectivity index (χ4v) is 5.58. The van der Waals surface area contributed by atoms with Crippen molar-refractivity contribution < 1.29 is 13.2 Å². The summed E-state index contributed by atoms with van der Waals surface area (Å²) >= 11 is 0. The molecule has 1 fully saturated rings. The lowest BCUT2D eigenvalue weighted by atomic mass is 10.2. The van der Waals surface area contributed by atoms with Gasteiger partial charge in [0.25, 0.3) is 5.56 Å². The van der Waals surface area contributed by atoms with Gasteiger partial charge in [0, 0.05) is 32.9 Å². The van der Waals surface area contributed by atoms with E-state index in [1.807, 2.05) is 0 Å². The lowest BCUT2D eigenvalue weighted by molar-refractivity contribution is -0.118. The van der Waals surface area contributed by atoms with Gasteiger partial charge in [-0.25, -0.2) is 18.2 Å². The van der Waals surface area contributed by atoms with Crippen LogP contribution < -0.4 is 16.6 Å². The second-order valence-electron chi connectivity index (χ2n) is 8.19. The maximum Gasteiger partial charge on any atom is 0.332 e. The van der Waals surface area contributed by atoms with E-state index in [2.05, 4.69) is 10.3 Å². The van der Waals surface area contributed by atoms with Gasteiger partial charge in [0.2, 0.25) is 15.9 Å². The second kappa shape index (κ2) is 8.60. The highest BCUT2D eigenvalue weighted by Gasteiger charge is 2.27. The Morgan fingerprint density at radius 1 is 1.09 bits per heavy atom. The van der Waals surface area contributed by atoms with Gasteiger partial charge >= 0.3 is 5.69 Å². The highest BCUT2D eigenvalue weighted by molar-refractivity contribution is 7.89. The molecule has 1 aromatic carbocycles. The summed E-state index contributed by atoms with van der Waals surface area (Å²) in [5.74, 6) is -0.460. The van der Waals surface area contributed by atoms with E-state index in [0.717, 1.165) is 23.8 Å². The molecule has 4 rings (SSSR count). The van der Waals surface area contributed by atoms with Crippen molar-refractivity contribution in [1.82, 2.24) is 23.0 Å². The van der Waals surface area contributed by atoms with Crippen molar-refractivity contribution >= 4 is 32.8 Å². The third-order valence-electron chi connectivity index (χ3n) is 6.02. The third kappa shape index (κ3) is 4.00. The molecule has 1 atom stereocenters. The van der Waals surface area contributed by atoms with E-state index in [0.29, 0.717) is 18.8 Å². The quantitative estimate of drug-likeness (QED) is 0.583. The number of hydrogen-bond donors (Lipinski definition) is 1. The average Bonchev–Trinajstić information content (AvgIpc) is 3.27. The molecule has 12 heteroatoms. The van der Waals surface area contributed by atoms with Crippen LogP contribution in [0.5, 0.6) is 0 Å². The normalized spacial score (nSPS) is 16.1. The van der Waals surface area contributed by atoms with Crippen molar-refractivity contribution in [2.45, 2.75) is 37.1 Å². The Bertz CT molecular complexity index is 1450. The number of piperidine rings is 1. The molecule has 1 aliphatic heterocycles. The van der Waals surface area contributed by atoms with Crippen molar-refractivity contribution in [1.29, 1.82) is 0 Å². The van der Waals surface area contributed by atoms with Gasteiger partial charge in [-0.3, -0.25) is 18.7 Å². The number of amides is 1. The zero-order valence-electron chi connectivity index (χ0n) is 18.7. The molecule has 0 radical (unpaired) electrons. The monoisotopic (exact) mass is 474 g/mol. The minimum absolute atomic E-state index is 0.117. The average molecular weight is 475 g/mol. The lowest BCUT2D eigenvalue weighted by Gasteiger charge is -2.26. The topological polar surface area (TPSA) is 128 Å². The molecule has 11 nitrogen and oxygen atoms in total.